The fraction of sp³-hybridized carbons (Fsp3) is 0.375. The van der Waals surface area contributed by atoms with Gasteiger partial charge in [-0.2, -0.15) is 0 Å². The molecule has 1 aromatic heterocycles. The number of aromatic nitrogens is 2. The fourth-order valence-corrected chi connectivity index (χ4v) is 3.42. The third-order valence-corrected chi connectivity index (χ3v) is 4.76. The molecule has 22 heavy (non-hydrogen) atoms. The van der Waals surface area contributed by atoms with Gasteiger partial charge in [0.2, 0.25) is 0 Å². The van der Waals surface area contributed by atoms with Crippen molar-refractivity contribution in [2.45, 2.75) is 25.4 Å². The van der Waals surface area contributed by atoms with Crippen LogP contribution >= 0.6 is 28.3 Å². The Kier molecular flexibility index (Phi) is 4.28. The van der Waals surface area contributed by atoms with Gasteiger partial charge in [0.1, 0.15) is 6.04 Å². The smallest absolute Gasteiger partial charge is 0.250 e. The van der Waals surface area contributed by atoms with Crippen LogP contribution in [0.1, 0.15) is 30.1 Å². The summed E-state index contributed by atoms with van der Waals surface area (Å²) in [7, 11) is 0. The SMILES string of the molecule is Cl.O=C1C(c2cccc(Br)c2)n2cncc2CN1CC1CC1. The number of hydrogen-bond donors (Lipinski definition) is 0. The molecule has 1 fully saturated rings. The highest BCUT2D eigenvalue weighted by Crippen LogP contribution is 2.34. The van der Waals surface area contributed by atoms with Crippen molar-refractivity contribution in [3.63, 3.8) is 0 Å². The van der Waals surface area contributed by atoms with Crippen LogP contribution in [0.15, 0.2) is 41.3 Å². The maximum Gasteiger partial charge on any atom is 0.250 e. The summed E-state index contributed by atoms with van der Waals surface area (Å²) in [5.74, 6) is 0.886. The predicted molar refractivity (Wildman–Crippen MR) is 89.9 cm³/mol. The van der Waals surface area contributed by atoms with Crippen LogP contribution in [-0.4, -0.2) is 26.9 Å². The van der Waals surface area contributed by atoms with Gasteiger partial charge in [-0.3, -0.25) is 4.79 Å². The number of benzene rings is 1. The number of imidazole rings is 1. The van der Waals surface area contributed by atoms with Gasteiger partial charge in [-0.25, -0.2) is 4.98 Å². The number of hydrogen-bond acceptors (Lipinski definition) is 2. The number of nitrogens with zero attached hydrogens (tertiary/aromatic N) is 3. The summed E-state index contributed by atoms with van der Waals surface area (Å²) < 4.78 is 3.00. The van der Waals surface area contributed by atoms with Gasteiger partial charge >= 0.3 is 0 Å². The monoisotopic (exact) mass is 381 g/mol. The molecule has 0 bridgehead atoms. The quantitative estimate of drug-likeness (QED) is 0.816. The standard InChI is InChI=1S/C16H16BrN3O.ClH/c17-13-3-1-2-12(6-13)15-16(21)19(8-11-4-5-11)9-14-7-18-10-20(14)15;/h1-3,6-7,10-11,15H,4-5,8-9H2;1H. The van der Waals surface area contributed by atoms with E-state index >= 15 is 0 Å². The van der Waals surface area contributed by atoms with Crippen LogP contribution in [0.3, 0.4) is 0 Å². The lowest BCUT2D eigenvalue weighted by Gasteiger charge is -2.34. The number of amides is 1. The van der Waals surface area contributed by atoms with Crippen LogP contribution in [0.25, 0.3) is 0 Å². The predicted octanol–water partition coefficient (Wildman–Crippen LogP) is 3.41. The van der Waals surface area contributed by atoms with Crippen LogP contribution in [-0.2, 0) is 11.3 Å². The van der Waals surface area contributed by atoms with Crippen molar-refractivity contribution < 1.29 is 4.79 Å². The molecule has 6 heteroatoms. The average Bonchev–Trinajstić information content (AvgIpc) is 3.16. The van der Waals surface area contributed by atoms with Crippen molar-refractivity contribution >= 4 is 34.2 Å². The highest BCUT2D eigenvalue weighted by Gasteiger charge is 2.36. The molecule has 4 rings (SSSR count). The lowest BCUT2D eigenvalue weighted by molar-refractivity contribution is -0.136. The summed E-state index contributed by atoms with van der Waals surface area (Å²) in [6.07, 6.45) is 6.15. The Hall–Kier alpha value is -1.33. The zero-order valence-corrected chi connectivity index (χ0v) is 14.4. The Morgan fingerprint density at radius 1 is 1.32 bits per heavy atom. The molecule has 1 aromatic carbocycles. The zero-order valence-electron chi connectivity index (χ0n) is 12.0. The molecule has 2 aromatic rings. The lowest BCUT2D eigenvalue weighted by Crippen LogP contribution is -2.43. The van der Waals surface area contributed by atoms with E-state index < -0.39 is 0 Å². The highest BCUT2D eigenvalue weighted by atomic mass is 79.9. The van der Waals surface area contributed by atoms with E-state index in [2.05, 4.69) is 20.9 Å². The topological polar surface area (TPSA) is 38.1 Å². The van der Waals surface area contributed by atoms with Crippen LogP contribution in [0, 0.1) is 5.92 Å². The maximum atomic E-state index is 12.9. The number of carbonyl (C=O) groups excluding carboxylic acids is 1. The molecule has 2 heterocycles. The molecule has 1 unspecified atom stereocenters. The van der Waals surface area contributed by atoms with Crippen molar-refractivity contribution in [2.75, 3.05) is 6.54 Å². The molecule has 0 N–H and O–H groups in total. The minimum atomic E-state index is -0.285. The van der Waals surface area contributed by atoms with E-state index in [1.165, 1.54) is 12.8 Å². The van der Waals surface area contributed by atoms with Gasteiger partial charge in [0.25, 0.3) is 5.91 Å². The minimum absolute atomic E-state index is 0. The molecule has 116 valence electrons. The van der Waals surface area contributed by atoms with Gasteiger partial charge in [0.15, 0.2) is 0 Å². The summed E-state index contributed by atoms with van der Waals surface area (Å²) in [5.41, 5.74) is 2.12. The summed E-state index contributed by atoms with van der Waals surface area (Å²) in [6, 6.07) is 7.70. The Balaban J connectivity index is 0.00000144. The van der Waals surface area contributed by atoms with Crippen LogP contribution in [0.4, 0.5) is 0 Å². The Morgan fingerprint density at radius 3 is 2.86 bits per heavy atom. The van der Waals surface area contributed by atoms with E-state index in [1.807, 2.05) is 39.9 Å². The van der Waals surface area contributed by atoms with Crippen molar-refractivity contribution in [3.8, 4) is 0 Å². The van der Waals surface area contributed by atoms with Gasteiger partial charge in [0, 0.05) is 17.2 Å². The first-order valence-corrected chi connectivity index (χ1v) is 8.06. The second-order valence-corrected chi connectivity index (χ2v) is 6.83. The first-order valence-electron chi connectivity index (χ1n) is 7.27. The van der Waals surface area contributed by atoms with Crippen LogP contribution in [0.2, 0.25) is 0 Å². The molecular formula is C16H17BrClN3O. The third-order valence-electron chi connectivity index (χ3n) is 4.26. The molecule has 1 amide bonds. The molecule has 4 nitrogen and oxygen atoms in total. The maximum absolute atomic E-state index is 12.9. The minimum Gasteiger partial charge on any atom is -0.334 e. The molecule has 1 aliphatic heterocycles. The summed E-state index contributed by atoms with van der Waals surface area (Å²) >= 11 is 3.50. The molecule has 1 saturated carbocycles. The Bertz CT molecular complexity index is 698. The van der Waals surface area contributed by atoms with Crippen LogP contribution < -0.4 is 0 Å². The Morgan fingerprint density at radius 2 is 2.14 bits per heavy atom. The zero-order chi connectivity index (χ0) is 14.4. The number of fused-ring (bicyclic) bond motifs is 1. The molecule has 0 radical (unpaired) electrons. The first kappa shape index (κ1) is 15.6. The van der Waals surface area contributed by atoms with Gasteiger partial charge in [0.05, 0.1) is 18.6 Å². The molecule has 1 aliphatic carbocycles. The van der Waals surface area contributed by atoms with Crippen molar-refractivity contribution in [2.24, 2.45) is 5.92 Å². The Labute approximate surface area is 144 Å². The third kappa shape index (κ3) is 2.79. The lowest BCUT2D eigenvalue weighted by atomic mass is 10.0. The van der Waals surface area contributed by atoms with E-state index in [1.54, 1.807) is 6.33 Å². The van der Waals surface area contributed by atoms with Gasteiger partial charge < -0.3 is 9.47 Å². The molecule has 0 spiro atoms. The van der Waals surface area contributed by atoms with E-state index in [0.29, 0.717) is 12.5 Å². The molecule has 1 atom stereocenters. The largest absolute Gasteiger partial charge is 0.334 e. The van der Waals surface area contributed by atoms with Crippen molar-refractivity contribution in [3.05, 3.63) is 52.5 Å². The number of rotatable bonds is 3. The van der Waals surface area contributed by atoms with E-state index in [4.69, 9.17) is 0 Å². The van der Waals surface area contributed by atoms with Gasteiger partial charge in [-0.15, -0.1) is 12.4 Å². The number of halogens is 2. The summed E-state index contributed by atoms with van der Waals surface area (Å²) in [6.45, 7) is 1.56. The van der Waals surface area contributed by atoms with Crippen molar-refractivity contribution in [1.82, 2.24) is 14.5 Å². The number of carbonyl (C=O) groups is 1. The van der Waals surface area contributed by atoms with Crippen LogP contribution in [0.5, 0.6) is 0 Å². The second-order valence-electron chi connectivity index (χ2n) is 5.91. The average molecular weight is 383 g/mol. The van der Waals surface area contributed by atoms with Gasteiger partial charge in [-0.05, 0) is 36.5 Å². The molecule has 0 saturated heterocycles. The molecular weight excluding hydrogens is 366 g/mol. The van der Waals surface area contributed by atoms with Crippen molar-refractivity contribution in [1.29, 1.82) is 0 Å². The van der Waals surface area contributed by atoms with E-state index in [0.717, 1.165) is 22.3 Å². The van der Waals surface area contributed by atoms with E-state index in [-0.39, 0.29) is 24.4 Å². The van der Waals surface area contributed by atoms with E-state index in [9.17, 15) is 4.79 Å². The van der Waals surface area contributed by atoms with Gasteiger partial charge in [-0.1, -0.05) is 28.1 Å². The summed E-state index contributed by atoms with van der Waals surface area (Å²) in [5, 5.41) is 0. The summed E-state index contributed by atoms with van der Waals surface area (Å²) in [4.78, 5) is 19.2. The first-order chi connectivity index (χ1) is 10.2. The second kappa shape index (κ2) is 6.05. The fourth-order valence-electron chi connectivity index (χ4n) is 3.00. The molecule has 2 aliphatic rings. The highest BCUT2D eigenvalue weighted by molar-refractivity contribution is 9.10. The normalized spacial score (nSPS) is 20.5.